The van der Waals surface area contributed by atoms with E-state index < -0.39 is 5.97 Å². The summed E-state index contributed by atoms with van der Waals surface area (Å²) >= 11 is 7.04. The molecule has 0 bridgehead atoms. The van der Waals surface area contributed by atoms with Crippen LogP contribution >= 0.6 is 39.5 Å². The molecule has 24 heavy (non-hydrogen) atoms. The fourth-order valence-corrected chi connectivity index (χ4v) is 5.46. The maximum Gasteiger partial charge on any atom is 0.349 e. The van der Waals surface area contributed by atoms with Crippen molar-refractivity contribution in [1.29, 1.82) is 0 Å². The summed E-state index contributed by atoms with van der Waals surface area (Å²) in [7, 11) is 0. The lowest BCUT2D eigenvalue weighted by atomic mass is 10.2. The molecule has 1 saturated heterocycles. The van der Waals surface area contributed by atoms with Gasteiger partial charge in [-0.25, -0.2) is 9.18 Å². The second-order valence-corrected chi connectivity index (χ2v) is 8.56. The van der Waals surface area contributed by atoms with Crippen LogP contribution in [0.1, 0.15) is 10.1 Å². The van der Waals surface area contributed by atoms with Gasteiger partial charge >= 0.3 is 5.97 Å². The van der Waals surface area contributed by atoms with Gasteiger partial charge in [-0.05, 0) is 51.8 Å². The predicted molar refractivity (Wildman–Crippen MR) is 99.3 cm³/mol. The van der Waals surface area contributed by atoms with E-state index >= 15 is 0 Å². The molecular weight excluding hydrogens is 415 g/mol. The molecule has 3 rings (SSSR count). The first-order valence-electron chi connectivity index (χ1n) is 7.23. The molecule has 7 heteroatoms. The minimum absolute atomic E-state index is 0.250. The zero-order valence-electron chi connectivity index (χ0n) is 12.5. The monoisotopic (exact) mass is 428 g/mol. The van der Waals surface area contributed by atoms with E-state index in [1.807, 2.05) is 35.7 Å². The fraction of sp³-hybridized carbons (Fsp3) is 0.235. The van der Waals surface area contributed by atoms with E-state index in [1.165, 1.54) is 35.3 Å². The average Bonchev–Trinajstić information content (AvgIpc) is 3.09. The van der Waals surface area contributed by atoms with Crippen molar-refractivity contribution in [2.75, 3.05) is 18.1 Å². The van der Waals surface area contributed by atoms with Gasteiger partial charge in [-0.3, -0.25) is 0 Å². The van der Waals surface area contributed by atoms with E-state index in [0.29, 0.717) is 20.6 Å². The molecule has 1 fully saturated rings. The molecule has 0 radical (unpaired) electrons. The van der Waals surface area contributed by atoms with Crippen LogP contribution in [0.15, 0.2) is 46.9 Å². The molecule has 3 nitrogen and oxygen atoms in total. The topological polar surface area (TPSA) is 35.5 Å². The molecule has 0 aromatic heterocycles. The first-order chi connectivity index (χ1) is 11.6. The van der Waals surface area contributed by atoms with Gasteiger partial charge < -0.3 is 9.47 Å². The molecule has 0 spiro atoms. The lowest BCUT2D eigenvalue weighted by Crippen LogP contribution is -2.17. The number of halogens is 2. The smallest absolute Gasteiger partial charge is 0.349 e. The van der Waals surface area contributed by atoms with Gasteiger partial charge in [-0.2, -0.15) is 0 Å². The molecule has 0 aliphatic carbocycles. The molecule has 2 aromatic rings. The van der Waals surface area contributed by atoms with Gasteiger partial charge in [0.1, 0.15) is 17.3 Å². The van der Waals surface area contributed by atoms with Crippen LogP contribution in [0.25, 0.3) is 0 Å². The Morgan fingerprint density at radius 1 is 1.17 bits per heavy atom. The maximum absolute atomic E-state index is 13.0. The van der Waals surface area contributed by atoms with Gasteiger partial charge in [0.25, 0.3) is 0 Å². The van der Waals surface area contributed by atoms with Gasteiger partial charge in [0.15, 0.2) is 6.61 Å². The number of hydrogen-bond acceptors (Lipinski definition) is 5. The zero-order valence-corrected chi connectivity index (χ0v) is 15.8. The number of rotatable bonds is 5. The Bertz CT molecular complexity index is 718. The fourth-order valence-electron chi connectivity index (χ4n) is 2.13. The summed E-state index contributed by atoms with van der Waals surface area (Å²) in [5, 5.41) is 0. The third kappa shape index (κ3) is 4.68. The second kappa shape index (κ2) is 8.27. The molecule has 0 saturated carbocycles. The summed E-state index contributed by atoms with van der Waals surface area (Å²) in [6, 6.07) is 11.5. The Hall–Kier alpha value is -1.18. The number of carbonyl (C=O) groups excluding carboxylic acids is 1. The number of esters is 1. The summed E-state index contributed by atoms with van der Waals surface area (Å²) in [5.41, 5.74) is 1.23. The van der Waals surface area contributed by atoms with Crippen molar-refractivity contribution >= 4 is 45.4 Å². The number of carbonyl (C=O) groups is 1. The molecule has 0 atom stereocenters. The average molecular weight is 429 g/mol. The van der Waals surface area contributed by atoms with Gasteiger partial charge in [0, 0.05) is 11.5 Å². The number of thioether (sulfide) groups is 2. The van der Waals surface area contributed by atoms with E-state index in [1.54, 1.807) is 12.1 Å². The maximum atomic E-state index is 13.0. The molecule has 0 amide bonds. The Labute approximate surface area is 156 Å². The van der Waals surface area contributed by atoms with Crippen LogP contribution in [-0.2, 0) is 4.79 Å². The zero-order chi connectivity index (χ0) is 16.9. The highest BCUT2D eigenvalue weighted by Crippen LogP contribution is 2.45. The predicted octanol–water partition coefficient (Wildman–Crippen LogP) is 5.05. The van der Waals surface area contributed by atoms with E-state index in [-0.39, 0.29) is 12.4 Å². The van der Waals surface area contributed by atoms with Crippen LogP contribution in [0.4, 0.5) is 4.39 Å². The lowest BCUT2D eigenvalue weighted by Gasteiger charge is -2.10. The molecule has 0 N–H and O–H groups in total. The van der Waals surface area contributed by atoms with Crippen molar-refractivity contribution in [1.82, 2.24) is 0 Å². The van der Waals surface area contributed by atoms with Crippen LogP contribution < -0.4 is 9.47 Å². The summed E-state index contributed by atoms with van der Waals surface area (Å²) in [6.07, 6.45) is 0. The van der Waals surface area contributed by atoms with Gasteiger partial charge in [0.05, 0.1) is 9.05 Å². The van der Waals surface area contributed by atoms with Crippen LogP contribution in [0.3, 0.4) is 0 Å². The van der Waals surface area contributed by atoms with Crippen molar-refractivity contribution in [3.05, 3.63) is 58.3 Å². The highest BCUT2D eigenvalue weighted by atomic mass is 79.9. The standard InChI is InChI=1S/C17H14BrFO3S2/c18-14-9-12(19)3-6-15(14)21-10-16(20)22-13-4-1-11(2-5-13)17-23-7-8-24-17/h1-6,9,17H,7-8,10H2. The molecule has 126 valence electrons. The third-order valence-corrected chi connectivity index (χ3v) is 6.97. The Balaban J connectivity index is 1.52. The molecule has 1 aliphatic heterocycles. The number of hydrogen-bond donors (Lipinski definition) is 0. The van der Waals surface area contributed by atoms with E-state index in [9.17, 15) is 9.18 Å². The number of benzene rings is 2. The summed E-state index contributed by atoms with van der Waals surface area (Å²) in [5.74, 6) is 2.32. The van der Waals surface area contributed by atoms with Crippen molar-refractivity contribution in [2.45, 2.75) is 4.58 Å². The third-order valence-electron chi connectivity index (χ3n) is 3.25. The van der Waals surface area contributed by atoms with Crippen LogP contribution in [-0.4, -0.2) is 24.1 Å². The molecule has 1 aliphatic rings. The summed E-state index contributed by atoms with van der Waals surface area (Å²) < 4.78 is 24.5. The Morgan fingerprint density at radius 2 is 1.88 bits per heavy atom. The highest BCUT2D eigenvalue weighted by molar-refractivity contribution is 9.10. The molecule has 2 aromatic carbocycles. The van der Waals surface area contributed by atoms with Crippen LogP contribution in [0, 0.1) is 5.82 Å². The van der Waals surface area contributed by atoms with Crippen molar-refractivity contribution < 1.29 is 18.7 Å². The molecule has 0 unspecified atom stereocenters. The minimum Gasteiger partial charge on any atom is -0.481 e. The molecule has 1 heterocycles. The van der Waals surface area contributed by atoms with Gasteiger partial charge in [0.2, 0.25) is 0 Å². The number of ether oxygens (including phenoxy) is 2. The van der Waals surface area contributed by atoms with Crippen molar-refractivity contribution in [3.63, 3.8) is 0 Å². The minimum atomic E-state index is -0.511. The van der Waals surface area contributed by atoms with Crippen molar-refractivity contribution in [2.24, 2.45) is 0 Å². The quantitative estimate of drug-likeness (QED) is 0.491. The van der Waals surface area contributed by atoms with E-state index in [0.717, 1.165) is 0 Å². The van der Waals surface area contributed by atoms with E-state index in [4.69, 9.17) is 9.47 Å². The van der Waals surface area contributed by atoms with Gasteiger partial charge in [-0.1, -0.05) is 12.1 Å². The van der Waals surface area contributed by atoms with Crippen LogP contribution in [0.2, 0.25) is 0 Å². The molecular formula is C17H14BrFO3S2. The Kier molecular flexibility index (Phi) is 6.08. The normalized spacial score (nSPS) is 14.6. The SMILES string of the molecule is O=C(COc1ccc(F)cc1Br)Oc1ccc(C2SCCS2)cc1. The summed E-state index contributed by atoms with van der Waals surface area (Å²) in [6.45, 7) is -0.250. The van der Waals surface area contributed by atoms with Crippen molar-refractivity contribution in [3.8, 4) is 11.5 Å². The highest BCUT2D eigenvalue weighted by Gasteiger charge is 2.18. The second-order valence-electron chi connectivity index (χ2n) is 4.98. The van der Waals surface area contributed by atoms with E-state index in [2.05, 4.69) is 15.9 Å². The summed E-state index contributed by atoms with van der Waals surface area (Å²) in [4.78, 5) is 11.9. The first-order valence-corrected chi connectivity index (χ1v) is 10.1. The van der Waals surface area contributed by atoms with Gasteiger partial charge in [-0.15, -0.1) is 23.5 Å². The Morgan fingerprint density at radius 3 is 2.54 bits per heavy atom. The first kappa shape index (κ1) is 17.6. The van der Waals surface area contributed by atoms with Crippen LogP contribution in [0.5, 0.6) is 11.5 Å². The lowest BCUT2D eigenvalue weighted by molar-refractivity contribution is -0.136. The largest absolute Gasteiger partial charge is 0.481 e.